The molecule has 1 N–H and O–H groups in total. The van der Waals surface area contributed by atoms with E-state index in [0.717, 1.165) is 0 Å². The summed E-state index contributed by atoms with van der Waals surface area (Å²) in [5.74, 6) is -0.458. The maximum absolute atomic E-state index is 13.7. The molecule has 0 heterocycles. The van der Waals surface area contributed by atoms with Gasteiger partial charge in [-0.25, -0.2) is 4.39 Å². The molecule has 0 saturated carbocycles. The number of aliphatic hydroxyl groups is 1. The summed E-state index contributed by atoms with van der Waals surface area (Å²) in [5, 5.41) is 10.9. The van der Waals surface area contributed by atoms with Crippen molar-refractivity contribution >= 4 is 39.1 Å². The number of rotatable bonds is 3. The van der Waals surface area contributed by atoms with Crippen LogP contribution in [0.25, 0.3) is 0 Å². The van der Waals surface area contributed by atoms with E-state index >= 15 is 0 Å². The van der Waals surface area contributed by atoms with Crippen molar-refractivity contribution in [1.29, 1.82) is 0 Å². The second-order valence-corrected chi connectivity index (χ2v) is 5.80. The molecule has 0 bridgehead atoms. The highest BCUT2D eigenvalue weighted by Crippen LogP contribution is 2.30. The van der Waals surface area contributed by atoms with Crippen LogP contribution in [-0.2, 0) is 6.42 Å². The minimum absolute atomic E-state index is 0.206. The number of aliphatic hydroxyl groups excluding tert-OH is 1. The summed E-state index contributed by atoms with van der Waals surface area (Å²) in [7, 11) is 0. The van der Waals surface area contributed by atoms with Gasteiger partial charge in [-0.2, -0.15) is 0 Å². The van der Waals surface area contributed by atoms with Gasteiger partial charge < -0.3 is 5.11 Å². The van der Waals surface area contributed by atoms with E-state index in [0.29, 0.717) is 20.1 Å². The summed E-state index contributed by atoms with van der Waals surface area (Å²) in [6, 6.07) is 9.71. The van der Waals surface area contributed by atoms with E-state index < -0.39 is 11.9 Å². The number of hydrogen-bond acceptors (Lipinski definition) is 1. The Kier molecular flexibility index (Phi) is 4.85. The molecule has 5 heteroatoms. The van der Waals surface area contributed by atoms with Gasteiger partial charge in [0.25, 0.3) is 0 Å². The van der Waals surface area contributed by atoms with Gasteiger partial charge in [-0.3, -0.25) is 0 Å². The van der Waals surface area contributed by atoms with Gasteiger partial charge >= 0.3 is 0 Å². The molecule has 0 fully saturated rings. The molecule has 1 unspecified atom stereocenters. The lowest BCUT2D eigenvalue weighted by atomic mass is 10.0. The van der Waals surface area contributed by atoms with Gasteiger partial charge in [-0.05, 0) is 23.8 Å². The first-order valence-electron chi connectivity index (χ1n) is 5.55. The number of benzene rings is 2. The molecule has 0 saturated heterocycles. The second-order valence-electron chi connectivity index (χ2n) is 4.10. The van der Waals surface area contributed by atoms with Crippen LogP contribution in [0.4, 0.5) is 4.39 Å². The van der Waals surface area contributed by atoms with Gasteiger partial charge in [-0.1, -0.05) is 57.3 Å². The highest BCUT2D eigenvalue weighted by Gasteiger charge is 2.16. The normalized spacial score (nSPS) is 12.5. The highest BCUT2D eigenvalue weighted by molar-refractivity contribution is 9.10. The first-order valence-corrected chi connectivity index (χ1v) is 7.10. The van der Waals surface area contributed by atoms with Gasteiger partial charge in [0.1, 0.15) is 5.82 Å². The predicted octanol–water partition coefficient (Wildman–Crippen LogP) is 5.17. The van der Waals surface area contributed by atoms with Crippen LogP contribution in [0.5, 0.6) is 0 Å². The van der Waals surface area contributed by atoms with Crippen molar-refractivity contribution in [3.8, 4) is 0 Å². The average Bonchev–Trinajstić information content (AvgIpc) is 2.34. The second kappa shape index (κ2) is 6.23. The average molecular weight is 364 g/mol. The van der Waals surface area contributed by atoms with E-state index in [9.17, 15) is 9.50 Å². The molecule has 100 valence electrons. The Labute approximate surface area is 129 Å². The molecule has 2 rings (SSSR count). The SMILES string of the molecule is OC(Cc1cccc(Cl)c1Cl)c1ccc(Br)cc1F. The zero-order valence-electron chi connectivity index (χ0n) is 9.71. The molecule has 0 radical (unpaired) electrons. The maximum atomic E-state index is 13.7. The lowest BCUT2D eigenvalue weighted by molar-refractivity contribution is 0.173. The molecular formula is C14H10BrCl2FO. The molecule has 1 nitrogen and oxygen atoms in total. The predicted molar refractivity (Wildman–Crippen MR) is 79.2 cm³/mol. The topological polar surface area (TPSA) is 20.2 Å². The largest absolute Gasteiger partial charge is 0.388 e. The molecule has 2 aromatic rings. The van der Waals surface area contributed by atoms with Crippen molar-refractivity contribution in [2.75, 3.05) is 0 Å². The summed E-state index contributed by atoms with van der Waals surface area (Å²) in [5.41, 5.74) is 0.920. The fourth-order valence-corrected chi connectivity index (χ4v) is 2.53. The molecule has 0 spiro atoms. The van der Waals surface area contributed by atoms with Crippen LogP contribution in [0.15, 0.2) is 40.9 Å². The first-order chi connectivity index (χ1) is 8.99. The third kappa shape index (κ3) is 3.48. The highest BCUT2D eigenvalue weighted by atomic mass is 79.9. The number of halogens is 4. The summed E-state index contributed by atoms with van der Waals surface area (Å²) in [6.45, 7) is 0. The number of hydrogen-bond donors (Lipinski definition) is 1. The Morgan fingerprint density at radius 2 is 1.95 bits per heavy atom. The van der Waals surface area contributed by atoms with Crippen LogP contribution in [0.1, 0.15) is 17.2 Å². The zero-order chi connectivity index (χ0) is 14.0. The monoisotopic (exact) mass is 362 g/mol. The van der Waals surface area contributed by atoms with E-state index in [4.69, 9.17) is 23.2 Å². The van der Waals surface area contributed by atoms with Crippen LogP contribution in [-0.4, -0.2) is 5.11 Å². The minimum Gasteiger partial charge on any atom is -0.388 e. The zero-order valence-corrected chi connectivity index (χ0v) is 12.8. The van der Waals surface area contributed by atoms with Crippen molar-refractivity contribution in [3.63, 3.8) is 0 Å². The van der Waals surface area contributed by atoms with E-state index in [1.807, 2.05) is 0 Å². The molecule has 19 heavy (non-hydrogen) atoms. The molecule has 0 aliphatic rings. The summed E-state index contributed by atoms with van der Waals surface area (Å²) in [6.07, 6.45) is -0.762. The molecular weight excluding hydrogens is 354 g/mol. The molecule has 0 aliphatic carbocycles. The maximum Gasteiger partial charge on any atom is 0.130 e. The van der Waals surface area contributed by atoms with Gasteiger partial charge in [-0.15, -0.1) is 0 Å². The molecule has 0 amide bonds. The smallest absolute Gasteiger partial charge is 0.130 e. The van der Waals surface area contributed by atoms with Crippen LogP contribution < -0.4 is 0 Å². The third-order valence-electron chi connectivity index (χ3n) is 2.77. The van der Waals surface area contributed by atoms with E-state index in [1.165, 1.54) is 6.07 Å². The fraction of sp³-hybridized carbons (Fsp3) is 0.143. The Balaban J connectivity index is 2.25. The van der Waals surface area contributed by atoms with Crippen LogP contribution >= 0.6 is 39.1 Å². The molecule has 0 aliphatic heterocycles. The minimum atomic E-state index is -0.968. The standard InChI is InChI=1S/C14H10BrCl2FO/c15-9-4-5-10(12(18)7-9)13(19)6-8-2-1-3-11(16)14(8)17/h1-5,7,13,19H,6H2. The van der Waals surface area contributed by atoms with Gasteiger partial charge in [0.15, 0.2) is 0 Å². The molecule has 1 atom stereocenters. The van der Waals surface area contributed by atoms with Gasteiger partial charge in [0.05, 0.1) is 16.1 Å². The first kappa shape index (κ1) is 14.8. The summed E-state index contributed by atoms with van der Waals surface area (Å²) >= 11 is 15.1. The van der Waals surface area contributed by atoms with Crippen molar-refractivity contribution in [2.24, 2.45) is 0 Å². The summed E-state index contributed by atoms with van der Waals surface area (Å²) < 4.78 is 14.4. The van der Waals surface area contributed by atoms with E-state index in [1.54, 1.807) is 30.3 Å². The molecule has 0 aromatic heterocycles. The van der Waals surface area contributed by atoms with E-state index in [-0.39, 0.29) is 12.0 Å². The van der Waals surface area contributed by atoms with Gasteiger partial charge in [0.2, 0.25) is 0 Å². The van der Waals surface area contributed by atoms with Crippen LogP contribution in [0.3, 0.4) is 0 Å². The Morgan fingerprint density at radius 1 is 1.21 bits per heavy atom. The Bertz CT molecular complexity index is 604. The lowest BCUT2D eigenvalue weighted by Crippen LogP contribution is -2.05. The fourth-order valence-electron chi connectivity index (χ4n) is 1.80. The van der Waals surface area contributed by atoms with Crippen molar-refractivity contribution in [3.05, 3.63) is 67.9 Å². The van der Waals surface area contributed by atoms with Crippen LogP contribution in [0, 0.1) is 5.82 Å². The quantitative estimate of drug-likeness (QED) is 0.797. The van der Waals surface area contributed by atoms with Crippen molar-refractivity contribution in [2.45, 2.75) is 12.5 Å². The Hall–Kier alpha value is -0.610. The van der Waals surface area contributed by atoms with Crippen molar-refractivity contribution in [1.82, 2.24) is 0 Å². The van der Waals surface area contributed by atoms with E-state index in [2.05, 4.69) is 15.9 Å². The lowest BCUT2D eigenvalue weighted by Gasteiger charge is -2.13. The third-order valence-corrected chi connectivity index (χ3v) is 4.12. The van der Waals surface area contributed by atoms with Crippen LogP contribution in [0.2, 0.25) is 10.0 Å². The Morgan fingerprint density at radius 3 is 2.63 bits per heavy atom. The van der Waals surface area contributed by atoms with Gasteiger partial charge in [0, 0.05) is 16.5 Å². The summed E-state index contributed by atoms with van der Waals surface area (Å²) in [4.78, 5) is 0. The van der Waals surface area contributed by atoms with Crippen molar-refractivity contribution < 1.29 is 9.50 Å². The molecule has 2 aromatic carbocycles.